The van der Waals surface area contributed by atoms with Gasteiger partial charge in [-0.15, -0.1) is 0 Å². The Balaban J connectivity index is 2.25. The van der Waals surface area contributed by atoms with Gasteiger partial charge in [0.2, 0.25) is 0 Å². The van der Waals surface area contributed by atoms with E-state index in [1.165, 1.54) is 25.7 Å². The summed E-state index contributed by atoms with van der Waals surface area (Å²) in [5.41, 5.74) is 2.73. The van der Waals surface area contributed by atoms with E-state index >= 15 is 0 Å². The standard InChI is InChI=1S/C15H26/c1-11(2)13-7-9-14(4)8-6-12(3)15(14,5)10-13/h6,11,13H,7-10H2,1-5H3/t13-,14+,15+/m1/s1. The Morgan fingerprint density at radius 1 is 1.33 bits per heavy atom. The third kappa shape index (κ3) is 1.48. The average molecular weight is 206 g/mol. The molecule has 0 aromatic heterocycles. The third-order valence-corrected chi connectivity index (χ3v) is 5.74. The second kappa shape index (κ2) is 3.37. The minimum Gasteiger partial charge on any atom is -0.0845 e. The maximum absolute atomic E-state index is 2.51. The molecule has 0 aliphatic heterocycles. The smallest absolute Gasteiger partial charge is 0.00597 e. The summed E-state index contributed by atoms with van der Waals surface area (Å²) in [6.45, 7) is 12.2. The van der Waals surface area contributed by atoms with Crippen LogP contribution in [0.3, 0.4) is 0 Å². The summed E-state index contributed by atoms with van der Waals surface area (Å²) >= 11 is 0. The van der Waals surface area contributed by atoms with E-state index in [4.69, 9.17) is 0 Å². The van der Waals surface area contributed by atoms with Crippen LogP contribution in [0.4, 0.5) is 0 Å². The lowest BCUT2D eigenvalue weighted by molar-refractivity contribution is 0.0233. The molecule has 0 N–H and O–H groups in total. The number of hydrogen-bond donors (Lipinski definition) is 0. The van der Waals surface area contributed by atoms with Gasteiger partial charge in [0.1, 0.15) is 0 Å². The van der Waals surface area contributed by atoms with E-state index in [-0.39, 0.29) is 0 Å². The highest BCUT2D eigenvalue weighted by Crippen LogP contribution is 2.62. The van der Waals surface area contributed by atoms with Gasteiger partial charge in [-0.1, -0.05) is 39.3 Å². The zero-order valence-corrected chi connectivity index (χ0v) is 11.1. The highest BCUT2D eigenvalue weighted by molar-refractivity contribution is 5.25. The molecule has 0 heterocycles. The Hall–Kier alpha value is -0.260. The molecule has 0 radical (unpaired) electrons. The topological polar surface area (TPSA) is 0 Å². The van der Waals surface area contributed by atoms with Gasteiger partial charge >= 0.3 is 0 Å². The predicted molar refractivity (Wildman–Crippen MR) is 66.8 cm³/mol. The Morgan fingerprint density at radius 3 is 2.60 bits per heavy atom. The number of allylic oxidation sites excluding steroid dienone is 2. The van der Waals surface area contributed by atoms with Gasteiger partial charge in [-0.2, -0.15) is 0 Å². The lowest BCUT2D eigenvalue weighted by Crippen LogP contribution is -2.41. The fraction of sp³-hybridized carbons (Fsp3) is 0.867. The lowest BCUT2D eigenvalue weighted by atomic mass is 9.54. The number of fused-ring (bicyclic) bond motifs is 1. The first-order valence-electron chi connectivity index (χ1n) is 6.56. The zero-order chi connectivity index (χ0) is 11.3. The van der Waals surface area contributed by atoms with Crippen LogP contribution in [0.25, 0.3) is 0 Å². The third-order valence-electron chi connectivity index (χ3n) is 5.74. The van der Waals surface area contributed by atoms with Gasteiger partial charge in [0.25, 0.3) is 0 Å². The van der Waals surface area contributed by atoms with Gasteiger partial charge in [0.05, 0.1) is 0 Å². The van der Waals surface area contributed by atoms with Crippen LogP contribution < -0.4 is 0 Å². The molecule has 15 heavy (non-hydrogen) atoms. The van der Waals surface area contributed by atoms with Crippen molar-refractivity contribution in [2.45, 2.75) is 60.3 Å². The van der Waals surface area contributed by atoms with E-state index in [1.807, 2.05) is 0 Å². The molecule has 2 rings (SSSR count). The molecule has 0 heteroatoms. The van der Waals surface area contributed by atoms with Crippen LogP contribution in [0.15, 0.2) is 11.6 Å². The number of rotatable bonds is 1. The quantitative estimate of drug-likeness (QED) is 0.540. The van der Waals surface area contributed by atoms with E-state index in [2.05, 4.69) is 40.7 Å². The molecule has 86 valence electrons. The molecule has 3 atom stereocenters. The SMILES string of the molecule is CC1=CC[C@@]2(C)CC[C@@H](C(C)C)C[C@@]12C. The van der Waals surface area contributed by atoms with Crippen molar-refractivity contribution in [1.82, 2.24) is 0 Å². The van der Waals surface area contributed by atoms with Gasteiger partial charge in [0, 0.05) is 0 Å². The molecule has 0 saturated heterocycles. The number of hydrogen-bond acceptors (Lipinski definition) is 0. The molecule has 0 amide bonds. The summed E-state index contributed by atoms with van der Waals surface area (Å²) in [6, 6.07) is 0. The Kier molecular flexibility index (Phi) is 2.52. The van der Waals surface area contributed by atoms with Crippen LogP contribution in [0.2, 0.25) is 0 Å². The Morgan fingerprint density at radius 2 is 2.00 bits per heavy atom. The highest BCUT2D eigenvalue weighted by atomic mass is 14.6. The Bertz CT molecular complexity index is 286. The summed E-state index contributed by atoms with van der Waals surface area (Å²) in [7, 11) is 0. The first-order valence-corrected chi connectivity index (χ1v) is 6.56. The fourth-order valence-electron chi connectivity index (χ4n) is 3.79. The summed E-state index contributed by atoms with van der Waals surface area (Å²) in [5.74, 6) is 1.81. The molecular weight excluding hydrogens is 180 g/mol. The van der Waals surface area contributed by atoms with Crippen LogP contribution in [0, 0.1) is 22.7 Å². The lowest BCUT2D eigenvalue weighted by Gasteiger charge is -2.50. The molecule has 1 fully saturated rings. The predicted octanol–water partition coefficient (Wildman–Crippen LogP) is 4.81. The molecule has 1 saturated carbocycles. The molecular formula is C15H26. The van der Waals surface area contributed by atoms with Crippen molar-refractivity contribution in [3.63, 3.8) is 0 Å². The summed E-state index contributed by atoms with van der Waals surface area (Å²) in [4.78, 5) is 0. The molecule has 0 nitrogen and oxygen atoms in total. The van der Waals surface area contributed by atoms with Gasteiger partial charge in [0.15, 0.2) is 0 Å². The van der Waals surface area contributed by atoms with E-state index in [0.717, 1.165) is 11.8 Å². The van der Waals surface area contributed by atoms with Crippen LogP contribution >= 0.6 is 0 Å². The highest BCUT2D eigenvalue weighted by Gasteiger charge is 2.52. The summed E-state index contributed by atoms with van der Waals surface area (Å²) in [5, 5.41) is 0. The molecule has 0 spiro atoms. The molecule has 0 aromatic carbocycles. The van der Waals surface area contributed by atoms with Gasteiger partial charge in [-0.3, -0.25) is 0 Å². The van der Waals surface area contributed by atoms with E-state index in [9.17, 15) is 0 Å². The van der Waals surface area contributed by atoms with Gasteiger partial charge in [-0.05, 0) is 55.3 Å². The van der Waals surface area contributed by atoms with E-state index in [0.29, 0.717) is 10.8 Å². The fourth-order valence-corrected chi connectivity index (χ4v) is 3.79. The molecule has 0 aromatic rings. The van der Waals surface area contributed by atoms with Crippen molar-refractivity contribution in [2.24, 2.45) is 22.7 Å². The largest absolute Gasteiger partial charge is 0.0845 e. The first-order chi connectivity index (χ1) is 6.89. The van der Waals surface area contributed by atoms with Crippen LogP contribution in [0.1, 0.15) is 60.3 Å². The molecule has 2 aliphatic rings. The minimum atomic E-state index is 0.500. The van der Waals surface area contributed by atoms with Crippen molar-refractivity contribution in [3.8, 4) is 0 Å². The molecule has 0 bridgehead atoms. The van der Waals surface area contributed by atoms with Gasteiger partial charge in [-0.25, -0.2) is 0 Å². The van der Waals surface area contributed by atoms with Crippen molar-refractivity contribution in [1.29, 1.82) is 0 Å². The van der Waals surface area contributed by atoms with Crippen molar-refractivity contribution >= 4 is 0 Å². The van der Waals surface area contributed by atoms with E-state index < -0.39 is 0 Å². The van der Waals surface area contributed by atoms with Crippen LogP contribution in [0.5, 0.6) is 0 Å². The second-order valence-corrected chi connectivity index (χ2v) is 6.73. The zero-order valence-electron chi connectivity index (χ0n) is 11.1. The maximum atomic E-state index is 2.51. The first kappa shape index (κ1) is 11.2. The van der Waals surface area contributed by atoms with Crippen LogP contribution in [-0.4, -0.2) is 0 Å². The normalized spacial score (nSPS) is 45.5. The van der Waals surface area contributed by atoms with Crippen LogP contribution in [-0.2, 0) is 0 Å². The Labute approximate surface area is 95.1 Å². The van der Waals surface area contributed by atoms with Crippen molar-refractivity contribution < 1.29 is 0 Å². The minimum absolute atomic E-state index is 0.500. The summed E-state index contributed by atoms with van der Waals surface area (Å²) < 4.78 is 0. The van der Waals surface area contributed by atoms with E-state index in [1.54, 1.807) is 5.57 Å². The van der Waals surface area contributed by atoms with Crippen molar-refractivity contribution in [2.75, 3.05) is 0 Å². The van der Waals surface area contributed by atoms with Crippen molar-refractivity contribution in [3.05, 3.63) is 11.6 Å². The van der Waals surface area contributed by atoms with Gasteiger partial charge < -0.3 is 0 Å². The average Bonchev–Trinajstić information content (AvgIpc) is 2.40. The monoisotopic (exact) mass is 206 g/mol. The molecule has 0 unspecified atom stereocenters. The molecule has 2 aliphatic carbocycles. The maximum Gasteiger partial charge on any atom is -0.00597 e. The second-order valence-electron chi connectivity index (χ2n) is 6.73. The summed E-state index contributed by atoms with van der Waals surface area (Å²) in [6.07, 6.45) is 8.12.